The van der Waals surface area contributed by atoms with Gasteiger partial charge in [0, 0.05) is 13.1 Å². The normalized spacial score (nSPS) is 27.0. The van der Waals surface area contributed by atoms with Crippen LogP contribution in [0.5, 0.6) is 0 Å². The molecule has 1 saturated heterocycles. The SMILES string of the molecule is CCC[C@]1(C(=O)O)CN(S(=O)(=O)c2cc(C)cs2)CC[C@@H]1O. The monoisotopic (exact) mass is 347 g/mol. The lowest BCUT2D eigenvalue weighted by Gasteiger charge is -2.42. The topological polar surface area (TPSA) is 94.9 Å². The summed E-state index contributed by atoms with van der Waals surface area (Å²) < 4.78 is 26.8. The summed E-state index contributed by atoms with van der Waals surface area (Å²) in [4.78, 5) is 11.7. The van der Waals surface area contributed by atoms with E-state index in [1.807, 2.05) is 13.8 Å². The van der Waals surface area contributed by atoms with E-state index in [1.165, 1.54) is 4.31 Å². The zero-order valence-electron chi connectivity index (χ0n) is 12.7. The highest BCUT2D eigenvalue weighted by Gasteiger charge is 2.51. The Kier molecular flexibility index (Phi) is 4.96. The second-order valence-electron chi connectivity index (χ2n) is 5.80. The van der Waals surface area contributed by atoms with Crippen LogP contribution < -0.4 is 0 Å². The predicted molar refractivity (Wildman–Crippen MR) is 83.4 cm³/mol. The molecule has 124 valence electrons. The van der Waals surface area contributed by atoms with Gasteiger partial charge in [0.2, 0.25) is 0 Å². The lowest BCUT2D eigenvalue weighted by Crippen LogP contribution is -2.57. The molecule has 0 radical (unpaired) electrons. The van der Waals surface area contributed by atoms with Crippen LogP contribution in [0.1, 0.15) is 31.7 Å². The van der Waals surface area contributed by atoms with Crippen molar-refractivity contribution < 1.29 is 23.4 Å². The number of aliphatic carboxylic acids is 1. The summed E-state index contributed by atoms with van der Waals surface area (Å²) in [6.07, 6.45) is -0.0778. The molecule has 0 amide bonds. The molecule has 0 unspecified atom stereocenters. The molecule has 2 rings (SSSR count). The molecule has 8 heteroatoms. The molecular weight excluding hydrogens is 326 g/mol. The fourth-order valence-electron chi connectivity index (χ4n) is 2.92. The molecule has 22 heavy (non-hydrogen) atoms. The Morgan fingerprint density at radius 1 is 1.55 bits per heavy atom. The van der Waals surface area contributed by atoms with Crippen LogP contribution in [0.3, 0.4) is 0 Å². The predicted octanol–water partition coefficient (Wildman–Crippen LogP) is 1.68. The number of carboxylic acid groups (broad SMARTS) is 1. The number of piperidine rings is 1. The summed E-state index contributed by atoms with van der Waals surface area (Å²) >= 11 is 1.13. The van der Waals surface area contributed by atoms with Crippen molar-refractivity contribution in [2.24, 2.45) is 5.41 Å². The number of rotatable bonds is 5. The van der Waals surface area contributed by atoms with Crippen molar-refractivity contribution in [3.63, 3.8) is 0 Å². The summed E-state index contributed by atoms with van der Waals surface area (Å²) in [7, 11) is -3.71. The van der Waals surface area contributed by atoms with Gasteiger partial charge in [-0.15, -0.1) is 11.3 Å². The van der Waals surface area contributed by atoms with Gasteiger partial charge in [0.05, 0.1) is 6.10 Å². The van der Waals surface area contributed by atoms with Crippen LogP contribution in [-0.2, 0) is 14.8 Å². The Labute approximate surface area is 134 Å². The summed E-state index contributed by atoms with van der Waals surface area (Å²) in [6.45, 7) is 3.59. The highest BCUT2D eigenvalue weighted by Crippen LogP contribution is 2.38. The lowest BCUT2D eigenvalue weighted by atomic mass is 9.74. The number of aliphatic hydroxyl groups excluding tert-OH is 1. The van der Waals surface area contributed by atoms with Gasteiger partial charge in [0.25, 0.3) is 10.0 Å². The molecule has 2 atom stereocenters. The minimum Gasteiger partial charge on any atom is -0.481 e. The van der Waals surface area contributed by atoms with E-state index in [-0.39, 0.29) is 30.1 Å². The third kappa shape index (κ3) is 2.92. The molecule has 0 saturated carbocycles. The van der Waals surface area contributed by atoms with Gasteiger partial charge in [-0.05, 0) is 36.8 Å². The fourth-order valence-corrected chi connectivity index (χ4v) is 5.83. The number of aryl methyl sites for hydroxylation is 1. The van der Waals surface area contributed by atoms with E-state index in [2.05, 4.69) is 0 Å². The molecule has 0 spiro atoms. The first-order valence-electron chi connectivity index (χ1n) is 7.21. The molecule has 2 heterocycles. The second kappa shape index (κ2) is 6.27. The largest absolute Gasteiger partial charge is 0.481 e. The van der Waals surface area contributed by atoms with Crippen molar-refractivity contribution >= 4 is 27.3 Å². The van der Waals surface area contributed by atoms with E-state index in [1.54, 1.807) is 11.4 Å². The van der Waals surface area contributed by atoms with Gasteiger partial charge < -0.3 is 10.2 Å². The molecular formula is C14H21NO5S2. The molecule has 0 aromatic carbocycles. The summed E-state index contributed by atoms with van der Waals surface area (Å²) in [5, 5.41) is 21.5. The third-order valence-electron chi connectivity index (χ3n) is 4.17. The quantitative estimate of drug-likeness (QED) is 0.845. The second-order valence-corrected chi connectivity index (χ2v) is 8.87. The Bertz CT molecular complexity index is 654. The number of hydrogen-bond donors (Lipinski definition) is 2. The van der Waals surface area contributed by atoms with Crippen LogP contribution >= 0.6 is 11.3 Å². The van der Waals surface area contributed by atoms with Gasteiger partial charge in [-0.1, -0.05) is 13.3 Å². The van der Waals surface area contributed by atoms with Gasteiger partial charge in [0.15, 0.2) is 0 Å². The molecule has 1 aliphatic heterocycles. The average Bonchev–Trinajstić information content (AvgIpc) is 2.88. The highest BCUT2D eigenvalue weighted by atomic mass is 32.2. The number of hydrogen-bond acceptors (Lipinski definition) is 5. The van der Waals surface area contributed by atoms with E-state index in [9.17, 15) is 23.4 Å². The number of aliphatic hydroxyl groups is 1. The highest BCUT2D eigenvalue weighted by molar-refractivity contribution is 7.91. The van der Waals surface area contributed by atoms with Gasteiger partial charge in [-0.3, -0.25) is 4.79 Å². The third-order valence-corrected chi connectivity index (χ3v) is 7.55. The van der Waals surface area contributed by atoms with E-state index in [4.69, 9.17) is 0 Å². The molecule has 0 aliphatic carbocycles. The van der Waals surface area contributed by atoms with Crippen LogP contribution in [0.25, 0.3) is 0 Å². The molecule has 0 bridgehead atoms. The molecule has 1 aromatic rings. The molecule has 1 fully saturated rings. The van der Waals surface area contributed by atoms with E-state index in [0.717, 1.165) is 16.9 Å². The fraction of sp³-hybridized carbons (Fsp3) is 0.643. The first kappa shape index (κ1) is 17.4. The Balaban J connectivity index is 2.36. The molecule has 1 aliphatic rings. The van der Waals surface area contributed by atoms with Crippen LogP contribution in [0.2, 0.25) is 0 Å². The maximum Gasteiger partial charge on any atom is 0.313 e. The molecule has 1 aromatic heterocycles. The van der Waals surface area contributed by atoms with Crippen molar-refractivity contribution in [1.82, 2.24) is 4.31 Å². The summed E-state index contributed by atoms with van der Waals surface area (Å²) in [5.41, 5.74) is -0.564. The minimum absolute atomic E-state index is 0.135. The van der Waals surface area contributed by atoms with Crippen molar-refractivity contribution in [2.75, 3.05) is 13.1 Å². The number of sulfonamides is 1. The lowest BCUT2D eigenvalue weighted by molar-refractivity contribution is -0.161. The number of carboxylic acids is 1. The maximum absolute atomic E-state index is 12.7. The van der Waals surface area contributed by atoms with Crippen molar-refractivity contribution in [3.8, 4) is 0 Å². The number of thiophene rings is 1. The van der Waals surface area contributed by atoms with E-state index in [0.29, 0.717) is 6.42 Å². The Hall–Kier alpha value is -0.960. The van der Waals surface area contributed by atoms with Crippen LogP contribution in [0.15, 0.2) is 15.7 Å². The summed E-state index contributed by atoms with van der Waals surface area (Å²) in [5.74, 6) is -1.14. The maximum atomic E-state index is 12.7. The zero-order valence-corrected chi connectivity index (χ0v) is 14.3. The first-order chi connectivity index (χ1) is 10.2. The smallest absolute Gasteiger partial charge is 0.313 e. The first-order valence-corrected chi connectivity index (χ1v) is 9.53. The minimum atomic E-state index is -3.71. The van der Waals surface area contributed by atoms with Crippen LogP contribution in [0.4, 0.5) is 0 Å². The van der Waals surface area contributed by atoms with Gasteiger partial charge in [0.1, 0.15) is 9.62 Å². The number of carbonyl (C=O) groups is 1. The molecule has 6 nitrogen and oxygen atoms in total. The van der Waals surface area contributed by atoms with Crippen molar-refractivity contribution in [1.29, 1.82) is 0 Å². The zero-order chi connectivity index (χ0) is 16.5. The molecule has 2 N–H and O–H groups in total. The summed E-state index contributed by atoms with van der Waals surface area (Å²) in [6, 6.07) is 1.59. The van der Waals surface area contributed by atoms with Gasteiger partial charge >= 0.3 is 5.97 Å². The Morgan fingerprint density at radius 2 is 2.23 bits per heavy atom. The van der Waals surface area contributed by atoms with Crippen LogP contribution in [-0.4, -0.2) is 48.1 Å². The van der Waals surface area contributed by atoms with E-state index >= 15 is 0 Å². The van der Waals surface area contributed by atoms with Gasteiger partial charge in [-0.25, -0.2) is 8.42 Å². The van der Waals surface area contributed by atoms with Crippen LogP contribution in [0, 0.1) is 12.3 Å². The van der Waals surface area contributed by atoms with E-state index < -0.39 is 27.5 Å². The van der Waals surface area contributed by atoms with Gasteiger partial charge in [-0.2, -0.15) is 4.31 Å². The average molecular weight is 347 g/mol. The standard InChI is InChI=1S/C14H21NO5S2/c1-3-5-14(13(17)18)9-15(6-4-11(14)16)22(19,20)12-7-10(2)8-21-12/h7-8,11,16H,3-6,9H2,1-2H3,(H,17,18)/t11-,14-/m0/s1. The van der Waals surface area contributed by atoms with Crippen molar-refractivity contribution in [2.45, 2.75) is 43.4 Å². The van der Waals surface area contributed by atoms with Crippen molar-refractivity contribution in [3.05, 3.63) is 17.0 Å². The number of nitrogens with zero attached hydrogens (tertiary/aromatic N) is 1. The Morgan fingerprint density at radius 3 is 2.73 bits per heavy atom.